The fourth-order valence-corrected chi connectivity index (χ4v) is 6.69. The van der Waals surface area contributed by atoms with Crippen molar-refractivity contribution in [3.8, 4) is 22.4 Å². The number of nitrogens with zero attached hydrogens (tertiary/aromatic N) is 3. The van der Waals surface area contributed by atoms with Gasteiger partial charge in [0.2, 0.25) is 0 Å². The van der Waals surface area contributed by atoms with Crippen molar-refractivity contribution in [2.75, 3.05) is 16.8 Å². The first kappa shape index (κ1) is 30.6. The zero-order valence-corrected chi connectivity index (χ0v) is 26.6. The highest BCUT2D eigenvalue weighted by atomic mass is 32.1. The maximum atomic E-state index is 13.9. The van der Waals surface area contributed by atoms with Gasteiger partial charge in [0.15, 0.2) is 0 Å². The van der Waals surface area contributed by atoms with Crippen LogP contribution in [0.1, 0.15) is 50.0 Å². The number of aromatic nitrogens is 2. The van der Waals surface area contributed by atoms with Crippen LogP contribution in [0.4, 0.5) is 11.4 Å². The van der Waals surface area contributed by atoms with Crippen molar-refractivity contribution in [1.29, 1.82) is 0 Å². The molecule has 0 saturated heterocycles. The second-order valence-corrected chi connectivity index (χ2v) is 11.8. The molecule has 1 aliphatic rings. The van der Waals surface area contributed by atoms with Crippen LogP contribution in [0.3, 0.4) is 0 Å². The molecule has 3 heterocycles. The Morgan fingerprint density at radius 1 is 0.804 bits per heavy atom. The molecule has 6 aromatic rings. The topological polar surface area (TPSA) is 75.2 Å². The molecule has 1 aliphatic heterocycles. The Morgan fingerprint density at radius 2 is 1.52 bits per heavy atom. The molecule has 46 heavy (non-hydrogen) atoms. The SMILES string of the molecule is CC.O=C(Nc1ccc(C(=O)N2CCc3sc(Cc4cccnc4)nc3-c3ccccc32)cc1)c1ccccc1-c1ccccc1. The van der Waals surface area contributed by atoms with Gasteiger partial charge in [-0.2, -0.15) is 0 Å². The largest absolute Gasteiger partial charge is 0.322 e. The van der Waals surface area contributed by atoms with Crippen molar-refractivity contribution in [2.45, 2.75) is 26.7 Å². The van der Waals surface area contributed by atoms with Crippen molar-refractivity contribution in [3.63, 3.8) is 0 Å². The molecule has 2 amide bonds. The molecule has 1 N–H and O–H groups in total. The molecule has 4 aromatic carbocycles. The fourth-order valence-electron chi connectivity index (χ4n) is 5.59. The third-order valence-electron chi connectivity index (χ3n) is 7.72. The summed E-state index contributed by atoms with van der Waals surface area (Å²) in [5.74, 6) is -0.290. The maximum absolute atomic E-state index is 13.9. The summed E-state index contributed by atoms with van der Waals surface area (Å²) in [6, 6.07) is 36.5. The number of amides is 2. The van der Waals surface area contributed by atoms with Gasteiger partial charge in [-0.05, 0) is 59.2 Å². The molecular weight excluding hydrogens is 589 g/mol. The third-order valence-corrected chi connectivity index (χ3v) is 8.84. The van der Waals surface area contributed by atoms with Crippen LogP contribution in [0.15, 0.2) is 128 Å². The zero-order valence-electron chi connectivity index (χ0n) is 25.8. The van der Waals surface area contributed by atoms with Gasteiger partial charge < -0.3 is 10.2 Å². The van der Waals surface area contributed by atoms with E-state index < -0.39 is 0 Å². The number of rotatable bonds is 6. The summed E-state index contributed by atoms with van der Waals surface area (Å²) < 4.78 is 0. The van der Waals surface area contributed by atoms with Crippen molar-refractivity contribution in [3.05, 3.63) is 154 Å². The number of pyridine rings is 1. The smallest absolute Gasteiger partial charge is 0.258 e. The molecule has 0 unspecified atom stereocenters. The minimum absolute atomic E-state index is 0.0875. The summed E-state index contributed by atoms with van der Waals surface area (Å²) in [7, 11) is 0. The van der Waals surface area contributed by atoms with Crippen LogP contribution in [-0.4, -0.2) is 28.3 Å². The number of carbonyl (C=O) groups is 2. The highest BCUT2D eigenvalue weighted by molar-refractivity contribution is 7.12. The predicted molar refractivity (Wildman–Crippen MR) is 188 cm³/mol. The Bertz CT molecular complexity index is 1950. The highest BCUT2D eigenvalue weighted by Gasteiger charge is 2.27. The molecule has 0 aliphatic carbocycles. The number of para-hydroxylation sites is 1. The van der Waals surface area contributed by atoms with E-state index in [0.717, 1.165) is 51.5 Å². The van der Waals surface area contributed by atoms with Crippen molar-refractivity contribution < 1.29 is 9.59 Å². The monoisotopic (exact) mass is 622 g/mol. The molecule has 0 spiro atoms. The van der Waals surface area contributed by atoms with E-state index >= 15 is 0 Å². The summed E-state index contributed by atoms with van der Waals surface area (Å²) in [4.78, 5) is 39.4. The lowest BCUT2D eigenvalue weighted by Gasteiger charge is -2.23. The number of fused-ring (bicyclic) bond motifs is 3. The molecule has 7 heteroatoms. The summed E-state index contributed by atoms with van der Waals surface area (Å²) in [5.41, 5.74) is 7.50. The number of nitrogens with one attached hydrogen (secondary N) is 1. The van der Waals surface area contributed by atoms with Crippen molar-refractivity contribution in [1.82, 2.24) is 9.97 Å². The van der Waals surface area contributed by atoms with E-state index in [1.807, 2.05) is 110 Å². The van der Waals surface area contributed by atoms with E-state index in [1.54, 1.807) is 41.8 Å². The Labute approximate surface area is 273 Å². The van der Waals surface area contributed by atoms with E-state index in [0.29, 0.717) is 23.4 Å². The van der Waals surface area contributed by atoms with E-state index in [-0.39, 0.29) is 11.8 Å². The molecule has 0 radical (unpaired) electrons. The van der Waals surface area contributed by atoms with Gasteiger partial charge in [0.1, 0.15) is 0 Å². The first-order valence-corrected chi connectivity index (χ1v) is 16.3. The maximum Gasteiger partial charge on any atom is 0.258 e. The van der Waals surface area contributed by atoms with E-state index in [4.69, 9.17) is 4.98 Å². The van der Waals surface area contributed by atoms with Crippen LogP contribution in [0.25, 0.3) is 22.4 Å². The second-order valence-electron chi connectivity index (χ2n) is 10.6. The van der Waals surface area contributed by atoms with Crippen LogP contribution in [-0.2, 0) is 12.8 Å². The van der Waals surface area contributed by atoms with Gasteiger partial charge in [-0.15, -0.1) is 11.3 Å². The average Bonchev–Trinajstić information content (AvgIpc) is 3.45. The Kier molecular flexibility index (Phi) is 9.41. The minimum Gasteiger partial charge on any atom is -0.322 e. The average molecular weight is 623 g/mol. The standard InChI is InChI=1S/C37H28N4O2S.C2H6/c42-36(30-13-5-4-12-29(30)26-10-2-1-3-11-26)39-28-18-16-27(17-19-28)37(43)41-22-20-33-35(31-14-6-7-15-32(31)41)40-34(44-33)23-25-9-8-21-38-24-25;1-2/h1-19,21,24H,20,22-23H2,(H,39,42);1-2H3. The lowest BCUT2D eigenvalue weighted by Crippen LogP contribution is -2.32. The summed E-state index contributed by atoms with van der Waals surface area (Å²) >= 11 is 1.70. The molecular formula is C39H34N4O2S. The van der Waals surface area contributed by atoms with E-state index in [1.165, 1.54) is 4.88 Å². The van der Waals surface area contributed by atoms with Crippen molar-refractivity contribution >= 4 is 34.5 Å². The number of benzene rings is 4. The minimum atomic E-state index is -0.202. The number of anilines is 2. The van der Waals surface area contributed by atoms with Crippen LogP contribution in [0, 0.1) is 0 Å². The summed E-state index contributed by atoms with van der Waals surface area (Å²) in [6.07, 6.45) is 5.10. The lowest BCUT2D eigenvalue weighted by molar-refractivity contribution is 0.0986. The fraction of sp³-hybridized carbons (Fsp3) is 0.128. The van der Waals surface area contributed by atoms with Gasteiger partial charge in [0.05, 0.1) is 16.4 Å². The molecule has 7 rings (SSSR count). The van der Waals surface area contributed by atoms with Gasteiger partial charge in [-0.25, -0.2) is 4.98 Å². The number of hydrogen-bond donors (Lipinski definition) is 1. The van der Waals surface area contributed by atoms with Gasteiger partial charge >= 0.3 is 0 Å². The predicted octanol–water partition coefficient (Wildman–Crippen LogP) is 8.94. The second kappa shape index (κ2) is 14.1. The summed E-state index contributed by atoms with van der Waals surface area (Å²) in [5, 5.41) is 4.04. The lowest BCUT2D eigenvalue weighted by atomic mass is 9.99. The first-order valence-electron chi connectivity index (χ1n) is 15.5. The zero-order chi connectivity index (χ0) is 31.9. The number of carbonyl (C=O) groups excluding carboxylic acids is 2. The van der Waals surface area contributed by atoms with E-state index in [9.17, 15) is 9.59 Å². The Hall–Kier alpha value is -5.40. The number of thiazole rings is 1. The Morgan fingerprint density at radius 3 is 2.28 bits per heavy atom. The van der Waals surface area contributed by atoms with Gasteiger partial charge in [0.25, 0.3) is 11.8 Å². The Balaban J connectivity index is 0.00000182. The normalized spacial score (nSPS) is 11.7. The van der Waals surface area contributed by atoms with Gasteiger partial charge in [0, 0.05) is 59.0 Å². The highest BCUT2D eigenvalue weighted by Crippen LogP contribution is 2.39. The first-order chi connectivity index (χ1) is 22.6. The quantitative estimate of drug-likeness (QED) is 0.201. The molecule has 0 saturated carbocycles. The summed E-state index contributed by atoms with van der Waals surface area (Å²) in [6.45, 7) is 4.55. The third kappa shape index (κ3) is 6.50. The van der Waals surface area contributed by atoms with E-state index in [2.05, 4.69) is 16.4 Å². The molecule has 2 aromatic heterocycles. The molecule has 228 valence electrons. The van der Waals surface area contributed by atoms with Gasteiger partial charge in [-0.1, -0.05) is 86.6 Å². The van der Waals surface area contributed by atoms with Crippen LogP contribution < -0.4 is 10.2 Å². The molecule has 0 fully saturated rings. The van der Waals surface area contributed by atoms with Crippen LogP contribution in [0.2, 0.25) is 0 Å². The van der Waals surface area contributed by atoms with Crippen LogP contribution >= 0.6 is 11.3 Å². The van der Waals surface area contributed by atoms with Crippen LogP contribution in [0.5, 0.6) is 0 Å². The number of hydrogen-bond acceptors (Lipinski definition) is 5. The molecule has 0 atom stereocenters. The molecule has 6 nitrogen and oxygen atoms in total. The van der Waals surface area contributed by atoms with Gasteiger partial charge in [-0.3, -0.25) is 14.6 Å². The molecule has 0 bridgehead atoms. The van der Waals surface area contributed by atoms with Crippen molar-refractivity contribution in [2.24, 2.45) is 0 Å².